The molecule has 8 aromatic carbocycles. The molecule has 0 atom stereocenters. The highest BCUT2D eigenvalue weighted by atomic mass is 15.0. The van der Waals surface area contributed by atoms with E-state index in [-0.39, 0.29) is 0 Å². The van der Waals surface area contributed by atoms with Gasteiger partial charge < -0.3 is 9.88 Å². The molecule has 0 fully saturated rings. The third kappa shape index (κ3) is 4.13. The van der Waals surface area contributed by atoms with Gasteiger partial charge >= 0.3 is 0 Å². The first-order valence-electron chi connectivity index (χ1n) is 16.5. The lowest BCUT2D eigenvalue weighted by atomic mass is 9.90. The molecule has 2 heterocycles. The number of anilines is 2. The minimum absolute atomic E-state index is 1.08. The number of nitrogens with one attached hydrogen (secondary N) is 1. The third-order valence-corrected chi connectivity index (χ3v) is 9.88. The lowest BCUT2D eigenvalue weighted by Crippen LogP contribution is -1.95. The van der Waals surface area contributed by atoms with Crippen LogP contribution in [0.25, 0.3) is 82.8 Å². The summed E-state index contributed by atoms with van der Waals surface area (Å²) in [4.78, 5) is 0. The Kier molecular flexibility index (Phi) is 5.91. The molecule has 0 saturated heterocycles. The van der Waals surface area contributed by atoms with E-state index in [1.54, 1.807) is 0 Å². The smallest absolute Gasteiger partial charge is 0.0620 e. The average Bonchev–Trinajstić information content (AvgIpc) is 3.42. The first-order chi connectivity index (χ1) is 23.8. The maximum absolute atomic E-state index is 3.72. The number of hydrogen-bond acceptors (Lipinski definition) is 1. The van der Waals surface area contributed by atoms with Gasteiger partial charge in [0.15, 0.2) is 0 Å². The van der Waals surface area contributed by atoms with Gasteiger partial charge in [-0.1, -0.05) is 127 Å². The van der Waals surface area contributed by atoms with Crippen LogP contribution in [0.1, 0.15) is 0 Å². The fraction of sp³-hybridized carbons (Fsp3) is 0. The zero-order chi connectivity index (χ0) is 31.6. The summed E-state index contributed by atoms with van der Waals surface area (Å²) in [6, 6.07) is 64.0. The molecule has 0 aliphatic carbocycles. The molecule has 0 saturated carbocycles. The zero-order valence-electron chi connectivity index (χ0n) is 26.2. The molecule has 1 aromatic heterocycles. The molecule has 2 nitrogen and oxygen atoms in total. The Bertz CT molecular complexity index is 2710. The highest BCUT2D eigenvalue weighted by Gasteiger charge is 2.25. The Morgan fingerprint density at radius 2 is 1.06 bits per heavy atom. The summed E-state index contributed by atoms with van der Waals surface area (Å²) in [7, 11) is 0. The molecule has 224 valence electrons. The Morgan fingerprint density at radius 3 is 1.96 bits per heavy atom. The highest BCUT2D eigenvalue weighted by molar-refractivity contribution is 6.17. The van der Waals surface area contributed by atoms with Crippen molar-refractivity contribution in [3.8, 4) is 50.2 Å². The first-order valence-corrected chi connectivity index (χ1v) is 16.5. The van der Waals surface area contributed by atoms with E-state index >= 15 is 0 Å². The van der Waals surface area contributed by atoms with Crippen LogP contribution >= 0.6 is 0 Å². The predicted molar refractivity (Wildman–Crippen MR) is 203 cm³/mol. The third-order valence-electron chi connectivity index (χ3n) is 9.88. The van der Waals surface area contributed by atoms with Crippen LogP contribution in [0.5, 0.6) is 0 Å². The summed E-state index contributed by atoms with van der Waals surface area (Å²) in [5.74, 6) is 0. The van der Waals surface area contributed by atoms with Crippen LogP contribution in [-0.2, 0) is 0 Å². The van der Waals surface area contributed by atoms with Gasteiger partial charge in [-0.15, -0.1) is 0 Å². The van der Waals surface area contributed by atoms with E-state index in [2.05, 4.69) is 186 Å². The lowest BCUT2D eigenvalue weighted by molar-refractivity contribution is 1.19. The van der Waals surface area contributed by atoms with E-state index in [0.29, 0.717) is 0 Å². The second-order valence-corrected chi connectivity index (χ2v) is 12.6. The Labute approximate surface area is 279 Å². The second kappa shape index (κ2) is 10.6. The van der Waals surface area contributed by atoms with Gasteiger partial charge in [0, 0.05) is 38.8 Å². The van der Waals surface area contributed by atoms with Gasteiger partial charge in [0.2, 0.25) is 0 Å². The summed E-state index contributed by atoms with van der Waals surface area (Å²) in [6.45, 7) is 0. The Morgan fingerprint density at radius 1 is 0.375 bits per heavy atom. The number of aromatic nitrogens is 1. The molecule has 9 aromatic rings. The quantitative estimate of drug-likeness (QED) is 0.210. The molecule has 1 aliphatic rings. The van der Waals surface area contributed by atoms with Crippen molar-refractivity contribution >= 4 is 44.0 Å². The Balaban J connectivity index is 1.15. The molecule has 0 amide bonds. The second-order valence-electron chi connectivity index (χ2n) is 12.6. The molecular formula is C46H30N2. The van der Waals surface area contributed by atoms with Crippen molar-refractivity contribution in [3.63, 3.8) is 0 Å². The number of para-hydroxylation sites is 3. The maximum atomic E-state index is 3.72. The molecule has 1 aliphatic heterocycles. The van der Waals surface area contributed by atoms with Crippen molar-refractivity contribution in [1.29, 1.82) is 0 Å². The lowest BCUT2D eigenvalue weighted by Gasteiger charge is -2.15. The molecule has 2 heteroatoms. The van der Waals surface area contributed by atoms with Crippen LogP contribution in [0.4, 0.5) is 11.4 Å². The van der Waals surface area contributed by atoms with Crippen molar-refractivity contribution in [2.24, 2.45) is 0 Å². The fourth-order valence-electron chi connectivity index (χ4n) is 7.70. The topological polar surface area (TPSA) is 17.0 Å². The highest BCUT2D eigenvalue weighted by Crippen LogP contribution is 2.48. The van der Waals surface area contributed by atoms with Gasteiger partial charge in [-0.2, -0.15) is 0 Å². The van der Waals surface area contributed by atoms with E-state index in [4.69, 9.17) is 0 Å². The summed E-state index contributed by atoms with van der Waals surface area (Å²) in [5.41, 5.74) is 15.7. The number of rotatable bonds is 4. The van der Waals surface area contributed by atoms with E-state index in [9.17, 15) is 0 Å². The Hall–Kier alpha value is -6.38. The number of hydrogen-bond donors (Lipinski definition) is 1. The maximum Gasteiger partial charge on any atom is 0.0620 e. The average molecular weight is 611 g/mol. The number of nitrogens with zero attached hydrogens (tertiary/aromatic N) is 1. The van der Waals surface area contributed by atoms with Gasteiger partial charge in [0.05, 0.1) is 16.7 Å². The van der Waals surface area contributed by atoms with Crippen LogP contribution in [-0.4, -0.2) is 4.57 Å². The van der Waals surface area contributed by atoms with Gasteiger partial charge in [0.25, 0.3) is 0 Å². The fourth-order valence-corrected chi connectivity index (χ4v) is 7.70. The van der Waals surface area contributed by atoms with E-state index in [1.807, 2.05) is 0 Å². The molecule has 0 unspecified atom stereocenters. The summed E-state index contributed by atoms with van der Waals surface area (Å²) in [5, 5.41) is 8.73. The predicted octanol–water partition coefficient (Wildman–Crippen LogP) is 12.7. The SMILES string of the molecule is c1cc(-c2cc3c4c(c2)c2ccccc2n4-c2ccccc2-c2ccccc2-3)cc(-c2ccccc2Nc2ccc3ccccc3c2)c1. The van der Waals surface area contributed by atoms with Crippen LogP contribution in [0.3, 0.4) is 0 Å². The first kappa shape index (κ1) is 26.8. The van der Waals surface area contributed by atoms with Crippen LogP contribution in [0.2, 0.25) is 0 Å². The van der Waals surface area contributed by atoms with E-state index in [0.717, 1.165) is 11.4 Å². The van der Waals surface area contributed by atoms with Gasteiger partial charge in [-0.25, -0.2) is 0 Å². The van der Waals surface area contributed by atoms with E-state index in [1.165, 1.54) is 82.8 Å². The monoisotopic (exact) mass is 610 g/mol. The molecular weight excluding hydrogens is 581 g/mol. The number of fused-ring (bicyclic) bond motifs is 9. The van der Waals surface area contributed by atoms with Gasteiger partial charge in [0.1, 0.15) is 0 Å². The molecule has 0 spiro atoms. The number of benzene rings is 8. The molecule has 1 N–H and O–H groups in total. The van der Waals surface area contributed by atoms with Crippen LogP contribution in [0.15, 0.2) is 176 Å². The van der Waals surface area contributed by atoms with Crippen molar-refractivity contribution < 1.29 is 0 Å². The summed E-state index contributed by atoms with van der Waals surface area (Å²) < 4.78 is 2.48. The zero-order valence-corrected chi connectivity index (χ0v) is 26.2. The minimum Gasteiger partial charge on any atom is -0.355 e. The van der Waals surface area contributed by atoms with E-state index < -0.39 is 0 Å². The molecule has 0 radical (unpaired) electrons. The largest absolute Gasteiger partial charge is 0.355 e. The van der Waals surface area contributed by atoms with Gasteiger partial charge in [-0.3, -0.25) is 0 Å². The molecule has 48 heavy (non-hydrogen) atoms. The van der Waals surface area contributed by atoms with Crippen molar-refractivity contribution in [1.82, 2.24) is 4.57 Å². The normalized spacial score (nSPS) is 11.8. The minimum atomic E-state index is 1.08. The van der Waals surface area contributed by atoms with Crippen molar-refractivity contribution in [3.05, 3.63) is 176 Å². The van der Waals surface area contributed by atoms with Crippen molar-refractivity contribution in [2.75, 3.05) is 5.32 Å². The van der Waals surface area contributed by atoms with Crippen LogP contribution < -0.4 is 5.32 Å². The molecule has 10 rings (SSSR count). The summed E-state index contributed by atoms with van der Waals surface area (Å²) >= 11 is 0. The van der Waals surface area contributed by atoms with Crippen molar-refractivity contribution in [2.45, 2.75) is 0 Å². The summed E-state index contributed by atoms with van der Waals surface area (Å²) in [6.07, 6.45) is 0. The van der Waals surface area contributed by atoms with Crippen LogP contribution in [0, 0.1) is 0 Å². The molecule has 0 bridgehead atoms. The van der Waals surface area contributed by atoms with Gasteiger partial charge in [-0.05, 0) is 87.1 Å². The standard InChI is InChI=1S/C46H30N2/c1-2-13-32-27-35(25-24-30(32)12-1)47-43-21-8-5-16-36(43)33-15-11-14-31(26-33)34-28-41-38-18-4-3-17-37(38)39-19-6-9-22-44(39)48-45-23-10-7-20-40(45)42(29-34)46(41)48/h1-29,47H.